The third-order valence-corrected chi connectivity index (χ3v) is 19.5. The van der Waals surface area contributed by atoms with E-state index in [9.17, 15) is 0 Å². The molecule has 6 unspecified atom stereocenters. The lowest BCUT2D eigenvalue weighted by Crippen LogP contribution is -2.73. The average molecular weight is 824 g/mol. The normalized spacial score (nSPS) is 29.7. The van der Waals surface area contributed by atoms with Crippen molar-refractivity contribution < 1.29 is 0 Å². The van der Waals surface area contributed by atoms with Crippen LogP contribution in [0.15, 0.2) is 127 Å². The van der Waals surface area contributed by atoms with Gasteiger partial charge in [-0.05, 0) is 205 Å². The Morgan fingerprint density at radius 3 is 1.43 bits per heavy atom. The van der Waals surface area contributed by atoms with E-state index in [1.165, 1.54) is 124 Å². The zero-order chi connectivity index (χ0) is 43.1. The number of nitrogens with zero attached hydrogens (tertiary/aromatic N) is 1. The highest BCUT2D eigenvalue weighted by molar-refractivity contribution is 5.88. The third-order valence-electron chi connectivity index (χ3n) is 19.5. The lowest BCUT2D eigenvalue weighted by Gasteiger charge is -2.76. The monoisotopic (exact) mass is 824 g/mol. The Morgan fingerprint density at radius 2 is 0.873 bits per heavy atom. The molecule has 13 rings (SSSR count). The van der Waals surface area contributed by atoms with E-state index in [1.807, 2.05) is 0 Å². The van der Waals surface area contributed by atoms with Gasteiger partial charge in [0.1, 0.15) is 0 Å². The quantitative estimate of drug-likeness (QED) is 0.167. The number of hydrogen-bond donors (Lipinski definition) is 0. The fourth-order valence-corrected chi connectivity index (χ4v) is 16.0. The summed E-state index contributed by atoms with van der Waals surface area (Å²) in [5.74, 6) is 3.50. The van der Waals surface area contributed by atoms with Crippen LogP contribution in [0.1, 0.15) is 140 Å². The summed E-state index contributed by atoms with van der Waals surface area (Å²) < 4.78 is 0. The van der Waals surface area contributed by atoms with Gasteiger partial charge in [-0.2, -0.15) is 0 Å². The van der Waals surface area contributed by atoms with Gasteiger partial charge >= 0.3 is 0 Å². The molecule has 2 bridgehead atoms. The second kappa shape index (κ2) is 12.5. The smallest absolute Gasteiger partial charge is 0.0465 e. The van der Waals surface area contributed by atoms with E-state index in [2.05, 4.69) is 188 Å². The van der Waals surface area contributed by atoms with Crippen LogP contribution in [0.3, 0.4) is 0 Å². The second-order valence-corrected chi connectivity index (χ2v) is 24.3. The zero-order valence-corrected chi connectivity index (χ0v) is 39.0. The first kappa shape index (κ1) is 38.6. The molecule has 4 fully saturated rings. The fraction of sp³-hybridized carbons (Fsp3) is 0.419. The lowest BCUT2D eigenvalue weighted by molar-refractivity contribution is -0.231. The molecule has 7 aliphatic rings. The highest BCUT2D eigenvalue weighted by atomic mass is 15.1. The predicted octanol–water partition coefficient (Wildman–Crippen LogP) is 16.5. The van der Waals surface area contributed by atoms with Crippen LogP contribution >= 0.6 is 0 Å². The van der Waals surface area contributed by atoms with Crippen molar-refractivity contribution in [2.24, 2.45) is 29.1 Å². The number of anilines is 3. The molecule has 0 aromatic heterocycles. The molecule has 63 heavy (non-hydrogen) atoms. The van der Waals surface area contributed by atoms with Crippen LogP contribution in [-0.2, 0) is 27.1 Å². The molecule has 6 atom stereocenters. The van der Waals surface area contributed by atoms with Gasteiger partial charge < -0.3 is 4.90 Å². The van der Waals surface area contributed by atoms with Crippen molar-refractivity contribution in [2.75, 3.05) is 4.90 Å². The molecule has 318 valence electrons. The van der Waals surface area contributed by atoms with Crippen molar-refractivity contribution in [3.63, 3.8) is 0 Å². The second-order valence-electron chi connectivity index (χ2n) is 24.3. The first-order chi connectivity index (χ1) is 30.1. The van der Waals surface area contributed by atoms with Gasteiger partial charge in [-0.1, -0.05) is 146 Å². The minimum Gasteiger partial charge on any atom is -0.310 e. The number of benzene rings is 6. The molecule has 1 nitrogen and oxygen atoms in total. The fourth-order valence-electron chi connectivity index (χ4n) is 16.0. The Morgan fingerprint density at radius 1 is 0.397 bits per heavy atom. The Hall–Kier alpha value is -4.88. The molecule has 0 N–H and O–H groups in total. The highest BCUT2D eigenvalue weighted by Gasteiger charge is 2.84. The van der Waals surface area contributed by atoms with Gasteiger partial charge in [0, 0.05) is 22.5 Å². The summed E-state index contributed by atoms with van der Waals surface area (Å²) in [5, 5.41) is 0. The molecule has 0 heterocycles. The summed E-state index contributed by atoms with van der Waals surface area (Å²) in [6.45, 7) is 19.5. The molecule has 1 heteroatoms. The van der Waals surface area contributed by atoms with E-state index in [0.29, 0.717) is 5.41 Å². The van der Waals surface area contributed by atoms with Gasteiger partial charge in [0.2, 0.25) is 0 Å². The third kappa shape index (κ3) is 5.01. The largest absolute Gasteiger partial charge is 0.310 e. The van der Waals surface area contributed by atoms with E-state index >= 15 is 0 Å². The summed E-state index contributed by atoms with van der Waals surface area (Å²) in [6, 6.07) is 50.8. The van der Waals surface area contributed by atoms with Crippen molar-refractivity contribution >= 4 is 17.1 Å². The molecule has 0 saturated heterocycles. The molecular weight excluding hydrogens is 759 g/mol. The van der Waals surface area contributed by atoms with Crippen molar-refractivity contribution in [3.05, 3.63) is 161 Å². The molecule has 7 aliphatic carbocycles. The first-order valence-electron chi connectivity index (χ1n) is 24.7. The van der Waals surface area contributed by atoms with Crippen LogP contribution in [0.2, 0.25) is 0 Å². The summed E-state index contributed by atoms with van der Waals surface area (Å²) >= 11 is 0. The molecule has 0 aliphatic heterocycles. The standard InChI is InChI=1S/C62H65N/c1-57(2)27-29-59(5,6)53-33-41(17-25-50(53)57)39-13-19-44(20-14-39)63(45-21-15-40(16-22-45)42-18-26-51-54(34-42)60(7,8)30-28-58(51,3)4)46-23-24-48-47-11-9-10-12-49(47)62(52(48)36-46)55-32-38-31-43-35-56(62)61(43,55)37-38/h9-26,33-34,36,38,43,55-56H,27-32,35,37H2,1-8H3. The van der Waals surface area contributed by atoms with Crippen molar-refractivity contribution in [2.45, 2.75) is 134 Å². The number of hydrogen-bond acceptors (Lipinski definition) is 1. The maximum atomic E-state index is 2.66. The van der Waals surface area contributed by atoms with E-state index in [-0.39, 0.29) is 27.1 Å². The van der Waals surface area contributed by atoms with Gasteiger partial charge in [-0.15, -0.1) is 0 Å². The molecule has 6 aromatic carbocycles. The lowest BCUT2D eigenvalue weighted by atomic mass is 9.27. The maximum Gasteiger partial charge on any atom is 0.0465 e. The first-order valence-corrected chi connectivity index (χ1v) is 24.7. The average Bonchev–Trinajstić information content (AvgIpc) is 3.91. The molecule has 6 aromatic rings. The van der Waals surface area contributed by atoms with E-state index < -0.39 is 0 Å². The number of fused-ring (bicyclic) bond motifs is 10. The van der Waals surface area contributed by atoms with E-state index in [4.69, 9.17) is 0 Å². The molecule has 0 radical (unpaired) electrons. The van der Waals surface area contributed by atoms with Gasteiger partial charge in [0.25, 0.3) is 0 Å². The molecule has 4 saturated carbocycles. The van der Waals surface area contributed by atoms with Crippen molar-refractivity contribution in [1.29, 1.82) is 0 Å². The SMILES string of the molecule is CC1(C)CCC(C)(C)c2cc(-c3ccc(N(c4ccc(-c5ccc6c(c5)C(C)(C)CCC6(C)C)cc4)c4ccc5c(c4)C4(c6ccccc6-5)C5CC6CC7CC4C75C6)cc3)ccc21. The molecule has 2 spiro atoms. The van der Waals surface area contributed by atoms with Crippen LogP contribution in [0.5, 0.6) is 0 Å². The summed E-state index contributed by atoms with van der Waals surface area (Å²) in [6.07, 6.45) is 10.8. The highest BCUT2D eigenvalue weighted by Crippen LogP contribution is 2.89. The summed E-state index contributed by atoms with van der Waals surface area (Å²) in [5.41, 5.74) is 22.8. The Labute approximate surface area is 377 Å². The van der Waals surface area contributed by atoms with Crippen LogP contribution < -0.4 is 4.90 Å². The van der Waals surface area contributed by atoms with Gasteiger partial charge in [0.15, 0.2) is 0 Å². The Kier molecular flexibility index (Phi) is 7.63. The number of rotatable bonds is 5. The van der Waals surface area contributed by atoms with Crippen LogP contribution in [-0.4, -0.2) is 0 Å². The van der Waals surface area contributed by atoms with Crippen LogP contribution in [0, 0.1) is 29.1 Å². The van der Waals surface area contributed by atoms with Crippen LogP contribution in [0.25, 0.3) is 33.4 Å². The Bertz CT molecular complexity index is 2760. The van der Waals surface area contributed by atoms with E-state index in [1.54, 1.807) is 11.1 Å². The summed E-state index contributed by atoms with van der Waals surface area (Å²) in [4.78, 5) is 2.56. The van der Waals surface area contributed by atoms with Crippen LogP contribution in [0.4, 0.5) is 17.1 Å². The zero-order valence-electron chi connectivity index (χ0n) is 39.0. The van der Waals surface area contributed by atoms with Crippen molar-refractivity contribution in [1.82, 2.24) is 0 Å². The summed E-state index contributed by atoms with van der Waals surface area (Å²) in [7, 11) is 0. The minimum absolute atomic E-state index is 0.163. The minimum atomic E-state index is 0.163. The van der Waals surface area contributed by atoms with Gasteiger partial charge in [-0.25, -0.2) is 0 Å². The Balaban J connectivity index is 0.924. The van der Waals surface area contributed by atoms with Gasteiger partial charge in [-0.3, -0.25) is 0 Å². The molecular formula is C62H65N. The molecule has 0 amide bonds. The van der Waals surface area contributed by atoms with Gasteiger partial charge in [0.05, 0.1) is 0 Å². The topological polar surface area (TPSA) is 3.24 Å². The van der Waals surface area contributed by atoms with Crippen molar-refractivity contribution in [3.8, 4) is 33.4 Å². The predicted molar refractivity (Wildman–Crippen MR) is 264 cm³/mol. The van der Waals surface area contributed by atoms with E-state index in [0.717, 1.165) is 23.7 Å². The maximum absolute atomic E-state index is 2.66.